The molecule has 6 nitrogen and oxygen atoms in total. The Balaban J connectivity index is 1.85. The predicted octanol–water partition coefficient (Wildman–Crippen LogP) is 2.74. The van der Waals surface area contributed by atoms with Crippen molar-refractivity contribution in [2.75, 3.05) is 6.54 Å². The molecule has 0 saturated heterocycles. The van der Waals surface area contributed by atoms with Crippen LogP contribution in [0.5, 0.6) is 0 Å². The first-order chi connectivity index (χ1) is 11.9. The number of nitrogens with one attached hydrogen (secondary N) is 2. The summed E-state index contributed by atoms with van der Waals surface area (Å²) < 4.78 is 0. The zero-order valence-electron chi connectivity index (χ0n) is 12.9. The molecule has 0 aliphatic heterocycles. The van der Waals surface area contributed by atoms with Crippen molar-refractivity contribution in [3.05, 3.63) is 69.2 Å². The second-order valence-corrected chi connectivity index (χ2v) is 5.93. The van der Waals surface area contributed by atoms with Crippen molar-refractivity contribution >= 4 is 41.0 Å². The van der Waals surface area contributed by atoms with E-state index in [0.29, 0.717) is 10.6 Å². The zero-order chi connectivity index (χ0) is 18.4. The van der Waals surface area contributed by atoms with Gasteiger partial charge in [-0.3, -0.25) is 9.59 Å². The summed E-state index contributed by atoms with van der Waals surface area (Å²) >= 11 is 11.7. The van der Waals surface area contributed by atoms with Gasteiger partial charge < -0.3 is 15.7 Å². The molecule has 0 spiro atoms. The number of carboxylic acids is 1. The lowest BCUT2D eigenvalue weighted by molar-refractivity contribution is -0.120. The zero-order valence-corrected chi connectivity index (χ0v) is 14.4. The number of carbonyl (C=O) groups excluding carboxylic acids is 2. The molecular formula is C17H14Cl2N2O4. The number of hydrogen-bond acceptors (Lipinski definition) is 3. The van der Waals surface area contributed by atoms with Gasteiger partial charge in [-0.1, -0.05) is 35.3 Å². The molecule has 2 amide bonds. The Morgan fingerprint density at radius 3 is 2.44 bits per heavy atom. The van der Waals surface area contributed by atoms with Crippen LogP contribution in [0.1, 0.15) is 26.3 Å². The molecule has 0 aromatic heterocycles. The molecular weight excluding hydrogens is 367 g/mol. The number of rotatable bonds is 6. The third kappa shape index (κ3) is 5.48. The van der Waals surface area contributed by atoms with Gasteiger partial charge in [0, 0.05) is 11.6 Å². The number of carbonyl (C=O) groups is 3. The summed E-state index contributed by atoms with van der Waals surface area (Å²) in [5.74, 6) is -1.95. The van der Waals surface area contributed by atoms with E-state index in [-0.39, 0.29) is 29.2 Å². The van der Waals surface area contributed by atoms with E-state index in [0.717, 1.165) is 0 Å². The normalized spacial score (nSPS) is 10.2. The number of benzene rings is 2. The molecule has 3 N–H and O–H groups in total. The van der Waals surface area contributed by atoms with Crippen LogP contribution in [0.15, 0.2) is 42.5 Å². The Morgan fingerprint density at radius 1 is 1.00 bits per heavy atom. The summed E-state index contributed by atoms with van der Waals surface area (Å²) in [4.78, 5) is 34.7. The van der Waals surface area contributed by atoms with Gasteiger partial charge >= 0.3 is 5.97 Å². The highest BCUT2D eigenvalue weighted by Gasteiger charge is 2.12. The number of carboxylic acid groups (broad SMARTS) is 1. The average Bonchev–Trinajstić information content (AvgIpc) is 2.58. The number of amides is 2. The first-order valence-corrected chi connectivity index (χ1v) is 7.94. The van der Waals surface area contributed by atoms with Gasteiger partial charge in [0.2, 0.25) is 5.91 Å². The van der Waals surface area contributed by atoms with E-state index in [1.54, 1.807) is 12.1 Å². The monoisotopic (exact) mass is 380 g/mol. The summed E-state index contributed by atoms with van der Waals surface area (Å²) in [5, 5.41) is 14.6. The Labute approximate surface area is 153 Å². The number of halogens is 2. The molecule has 25 heavy (non-hydrogen) atoms. The SMILES string of the molecule is O=C(CNC(=O)c1ccc(Cl)cc1Cl)NCc1cccc(C(=O)O)c1. The van der Waals surface area contributed by atoms with Crippen molar-refractivity contribution in [1.29, 1.82) is 0 Å². The maximum Gasteiger partial charge on any atom is 0.335 e. The van der Waals surface area contributed by atoms with E-state index in [4.69, 9.17) is 28.3 Å². The molecule has 0 fully saturated rings. The highest BCUT2D eigenvalue weighted by atomic mass is 35.5. The maximum atomic E-state index is 12.0. The minimum atomic E-state index is -1.04. The largest absolute Gasteiger partial charge is 0.478 e. The summed E-state index contributed by atoms with van der Waals surface area (Å²) in [6, 6.07) is 10.6. The molecule has 8 heteroatoms. The maximum absolute atomic E-state index is 12.0. The average molecular weight is 381 g/mol. The molecule has 0 saturated carbocycles. The highest BCUT2D eigenvalue weighted by molar-refractivity contribution is 6.36. The van der Waals surface area contributed by atoms with Crippen LogP contribution in [-0.2, 0) is 11.3 Å². The molecule has 0 aliphatic carbocycles. The number of aromatic carboxylic acids is 1. The number of hydrogen-bond donors (Lipinski definition) is 3. The molecule has 2 rings (SSSR count). The molecule has 0 radical (unpaired) electrons. The van der Waals surface area contributed by atoms with Crippen molar-refractivity contribution in [3.8, 4) is 0 Å². The molecule has 0 unspecified atom stereocenters. The Bertz CT molecular complexity index is 824. The second-order valence-electron chi connectivity index (χ2n) is 5.09. The van der Waals surface area contributed by atoms with Crippen molar-refractivity contribution in [2.45, 2.75) is 6.54 Å². The van der Waals surface area contributed by atoms with E-state index in [1.165, 1.54) is 30.3 Å². The van der Waals surface area contributed by atoms with Crippen molar-refractivity contribution < 1.29 is 19.5 Å². The molecule has 0 atom stereocenters. The van der Waals surface area contributed by atoms with Crippen molar-refractivity contribution in [1.82, 2.24) is 10.6 Å². The fourth-order valence-electron chi connectivity index (χ4n) is 2.01. The lowest BCUT2D eigenvalue weighted by atomic mass is 10.1. The fraction of sp³-hybridized carbons (Fsp3) is 0.118. The van der Waals surface area contributed by atoms with Gasteiger partial charge in [0.1, 0.15) is 0 Å². The topological polar surface area (TPSA) is 95.5 Å². The van der Waals surface area contributed by atoms with E-state index in [9.17, 15) is 14.4 Å². The predicted molar refractivity (Wildman–Crippen MR) is 94.0 cm³/mol. The van der Waals surface area contributed by atoms with Crippen LogP contribution in [0, 0.1) is 0 Å². The first kappa shape index (κ1) is 18.8. The van der Waals surface area contributed by atoms with Crippen molar-refractivity contribution in [3.63, 3.8) is 0 Å². The van der Waals surface area contributed by atoms with Gasteiger partial charge in [-0.05, 0) is 35.9 Å². The van der Waals surface area contributed by atoms with Crippen LogP contribution < -0.4 is 10.6 Å². The molecule has 2 aromatic rings. The van der Waals surface area contributed by atoms with Gasteiger partial charge in [-0.15, -0.1) is 0 Å². The van der Waals surface area contributed by atoms with Crippen LogP contribution in [0.4, 0.5) is 0 Å². The van der Waals surface area contributed by atoms with Gasteiger partial charge in [0.05, 0.1) is 22.7 Å². The van der Waals surface area contributed by atoms with Crippen LogP contribution in [-0.4, -0.2) is 29.4 Å². The third-order valence-electron chi connectivity index (χ3n) is 3.25. The summed E-state index contributed by atoms with van der Waals surface area (Å²) in [6.45, 7) is -0.0894. The first-order valence-electron chi connectivity index (χ1n) is 7.19. The Morgan fingerprint density at radius 2 is 1.76 bits per heavy atom. The second kappa shape index (κ2) is 8.50. The molecule has 130 valence electrons. The molecule has 0 bridgehead atoms. The minimum Gasteiger partial charge on any atom is -0.478 e. The molecule has 0 heterocycles. The summed E-state index contributed by atoms with van der Waals surface area (Å²) in [7, 11) is 0. The fourth-order valence-corrected chi connectivity index (χ4v) is 2.50. The summed E-state index contributed by atoms with van der Waals surface area (Å²) in [5.41, 5.74) is 0.991. The molecule has 2 aromatic carbocycles. The van der Waals surface area contributed by atoms with Crippen LogP contribution in [0.3, 0.4) is 0 Å². The van der Waals surface area contributed by atoms with Crippen LogP contribution in [0.2, 0.25) is 10.0 Å². The van der Waals surface area contributed by atoms with E-state index in [2.05, 4.69) is 10.6 Å². The van der Waals surface area contributed by atoms with Gasteiger partial charge in [0.25, 0.3) is 5.91 Å². The van der Waals surface area contributed by atoms with Crippen LogP contribution in [0.25, 0.3) is 0 Å². The van der Waals surface area contributed by atoms with Crippen molar-refractivity contribution in [2.24, 2.45) is 0 Å². The van der Waals surface area contributed by atoms with E-state index < -0.39 is 17.8 Å². The lowest BCUT2D eigenvalue weighted by Crippen LogP contribution is -2.36. The standard InChI is InChI=1S/C17H14Cl2N2O4/c18-12-4-5-13(14(19)7-12)16(23)21-9-15(22)20-8-10-2-1-3-11(6-10)17(24)25/h1-7H,8-9H2,(H,20,22)(H,21,23)(H,24,25). The van der Waals surface area contributed by atoms with Gasteiger partial charge in [0.15, 0.2) is 0 Å². The Hall–Kier alpha value is -2.57. The van der Waals surface area contributed by atoms with Crippen LogP contribution >= 0.6 is 23.2 Å². The quantitative estimate of drug-likeness (QED) is 0.717. The Kier molecular flexibility index (Phi) is 6.38. The summed E-state index contributed by atoms with van der Waals surface area (Å²) in [6.07, 6.45) is 0. The smallest absolute Gasteiger partial charge is 0.335 e. The van der Waals surface area contributed by atoms with Gasteiger partial charge in [-0.2, -0.15) is 0 Å². The minimum absolute atomic E-state index is 0.137. The highest BCUT2D eigenvalue weighted by Crippen LogP contribution is 2.20. The lowest BCUT2D eigenvalue weighted by Gasteiger charge is -2.08. The van der Waals surface area contributed by atoms with Gasteiger partial charge in [-0.25, -0.2) is 4.79 Å². The molecule has 0 aliphatic rings. The van der Waals surface area contributed by atoms with E-state index in [1.807, 2.05) is 0 Å². The van der Waals surface area contributed by atoms with E-state index >= 15 is 0 Å². The third-order valence-corrected chi connectivity index (χ3v) is 3.80.